The van der Waals surface area contributed by atoms with Crippen molar-refractivity contribution < 1.29 is 4.79 Å². The van der Waals surface area contributed by atoms with Gasteiger partial charge < -0.3 is 0 Å². The van der Waals surface area contributed by atoms with E-state index in [0.29, 0.717) is 17.9 Å². The molecule has 2 heterocycles. The number of hydrogen-bond acceptors (Lipinski definition) is 3. The summed E-state index contributed by atoms with van der Waals surface area (Å²) in [6, 6.07) is 4.35. The van der Waals surface area contributed by atoms with Crippen LogP contribution in [0.4, 0.5) is 5.95 Å². The van der Waals surface area contributed by atoms with Gasteiger partial charge in [0.25, 0.3) is 0 Å². The second kappa shape index (κ2) is 5.71. The number of hydrogen-bond donors (Lipinski definition) is 1. The molecule has 1 saturated carbocycles. The quantitative estimate of drug-likeness (QED) is 0.936. The summed E-state index contributed by atoms with van der Waals surface area (Å²) in [4.78, 5) is 21.6. The van der Waals surface area contributed by atoms with E-state index in [1.807, 2.05) is 26.0 Å². The summed E-state index contributed by atoms with van der Waals surface area (Å²) < 4.78 is 2.12. The van der Waals surface area contributed by atoms with Crippen LogP contribution in [0, 0.1) is 18.8 Å². The van der Waals surface area contributed by atoms with E-state index in [2.05, 4.69) is 33.7 Å². The van der Waals surface area contributed by atoms with E-state index in [1.54, 1.807) is 0 Å². The molecular formula is C17H24N4O. The lowest BCUT2D eigenvalue weighted by molar-refractivity contribution is -0.120. The standard InChI is InChI=1S/C17H24N4O/c1-10(2)12(4)16(22)20-17-19-14-9-8-11(3)18-15(14)21(17)13-6-5-7-13/h8-10,12-13H,5-7H2,1-4H3,(H,19,20,22). The summed E-state index contributed by atoms with van der Waals surface area (Å²) >= 11 is 0. The Labute approximate surface area is 131 Å². The number of amides is 1. The number of aryl methyl sites for hydroxylation is 1. The van der Waals surface area contributed by atoms with Crippen LogP contribution in [0.2, 0.25) is 0 Å². The third kappa shape index (κ3) is 2.60. The summed E-state index contributed by atoms with van der Waals surface area (Å²) in [5.74, 6) is 0.948. The highest BCUT2D eigenvalue weighted by Crippen LogP contribution is 2.36. The second-order valence-electron chi connectivity index (χ2n) is 6.71. The Balaban J connectivity index is 1.99. The Morgan fingerprint density at radius 3 is 2.59 bits per heavy atom. The molecule has 0 spiro atoms. The van der Waals surface area contributed by atoms with Crippen LogP contribution in [0.5, 0.6) is 0 Å². The van der Waals surface area contributed by atoms with Crippen molar-refractivity contribution in [2.24, 2.45) is 11.8 Å². The number of anilines is 1. The fourth-order valence-electron chi connectivity index (χ4n) is 2.67. The largest absolute Gasteiger partial charge is 0.296 e. The van der Waals surface area contributed by atoms with Gasteiger partial charge in [0.2, 0.25) is 11.9 Å². The van der Waals surface area contributed by atoms with Gasteiger partial charge in [0, 0.05) is 17.7 Å². The number of carbonyl (C=O) groups excluding carboxylic acids is 1. The predicted molar refractivity (Wildman–Crippen MR) is 87.8 cm³/mol. The number of rotatable bonds is 4. The zero-order valence-corrected chi connectivity index (χ0v) is 13.8. The Hall–Kier alpha value is -1.91. The van der Waals surface area contributed by atoms with Crippen molar-refractivity contribution >= 4 is 23.0 Å². The lowest BCUT2D eigenvalue weighted by atomic mass is 9.93. The average Bonchev–Trinajstić information content (AvgIpc) is 2.74. The van der Waals surface area contributed by atoms with Crippen molar-refractivity contribution in [1.29, 1.82) is 0 Å². The van der Waals surface area contributed by atoms with Crippen LogP contribution in [0.3, 0.4) is 0 Å². The molecule has 1 fully saturated rings. The molecule has 0 aromatic carbocycles. The van der Waals surface area contributed by atoms with E-state index in [-0.39, 0.29) is 11.8 Å². The molecule has 22 heavy (non-hydrogen) atoms. The number of nitrogens with one attached hydrogen (secondary N) is 1. The third-order valence-electron chi connectivity index (χ3n) is 4.76. The molecule has 0 bridgehead atoms. The lowest BCUT2D eigenvalue weighted by Crippen LogP contribution is -2.27. The van der Waals surface area contributed by atoms with Crippen molar-refractivity contribution in [1.82, 2.24) is 14.5 Å². The average molecular weight is 300 g/mol. The fourth-order valence-corrected chi connectivity index (χ4v) is 2.67. The smallest absolute Gasteiger partial charge is 0.229 e. The number of nitrogens with zero attached hydrogens (tertiary/aromatic N) is 3. The molecule has 1 aliphatic rings. The lowest BCUT2D eigenvalue weighted by Gasteiger charge is -2.29. The van der Waals surface area contributed by atoms with Crippen molar-refractivity contribution in [3.63, 3.8) is 0 Å². The topological polar surface area (TPSA) is 59.8 Å². The molecule has 2 aromatic heterocycles. The highest BCUT2D eigenvalue weighted by atomic mass is 16.2. The molecule has 5 nitrogen and oxygen atoms in total. The number of carbonyl (C=O) groups is 1. The predicted octanol–water partition coefficient (Wildman–Crippen LogP) is 3.70. The molecule has 3 rings (SSSR count). The van der Waals surface area contributed by atoms with Gasteiger partial charge in [-0.2, -0.15) is 0 Å². The number of imidazole rings is 1. The molecule has 118 valence electrons. The van der Waals surface area contributed by atoms with E-state index in [9.17, 15) is 4.79 Å². The van der Waals surface area contributed by atoms with Crippen LogP contribution in [0.25, 0.3) is 11.2 Å². The normalized spacial score (nSPS) is 16.8. The van der Waals surface area contributed by atoms with Crippen LogP contribution in [0.15, 0.2) is 12.1 Å². The van der Waals surface area contributed by atoms with Crippen molar-refractivity contribution in [3.8, 4) is 0 Å². The van der Waals surface area contributed by atoms with Crippen molar-refractivity contribution in [2.75, 3.05) is 5.32 Å². The third-order valence-corrected chi connectivity index (χ3v) is 4.76. The van der Waals surface area contributed by atoms with Crippen LogP contribution < -0.4 is 5.32 Å². The van der Waals surface area contributed by atoms with Gasteiger partial charge in [0.05, 0.1) is 0 Å². The van der Waals surface area contributed by atoms with Crippen LogP contribution in [0.1, 0.15) is 51.8 Å². The highest BCUT2D eigenvalue weighted by molar-refractivity contribution is 5.92. The molecule has 0 aliphatic heterocycles. The van der Waals surface area contributed by atoms with Gasteiger partial charge in [-0.25, -0.2) is 9.97 Å². The molecular weight excluding hydrogens is 276 g/mol. The first-order valence-corrected chi connectivity index (χ1v) is 8.14. The first-order chi connectivity index (χ1) is 10.5. The summed E-state index contributed by atoms with van der Waals surface area (Å²) in [6.45, 7) is 8.06. The molecule has 1 atom stereocenters. The fraction of sp³-hybridized carbons (Fsp3) is 0.588. The number of aromatic nitrogens is 3. The molecule has 1 unspecified atom stereocenters. The summed E-state index contributed by atoms with van der Waals surface area (Å²) in [6.07, 6.45) is 3.49. The zero-order valence-electron chi connectivity index (χ0n) is 13.8. The molecule has 0 saturated heterocycles. The second-order valence-corrected chi connectivity index (χ2v) is 6.71. The van der Waals surface area contributed by atoms with E-state index < -0.39 is 0 Å². The van der Waals surface area contributed by atoms with E-state index in [4.69, 9.17) is 0 Å². The van der Waals surface area contributed by atoms with Gasteiger partial charge in [0.1, 0.15) is 5.52 Å². The highest BCUT2D eigenvalue weighted by Gasteiger charge is 2.27. The summed E-state index contributed by atoms with van der Waals surface area (Å²) in [7, 11) is 0. The maximum absolute atomic E-state index is 12.4. The molecule has 0 radical (unpaired) electrons. The Morgan fingerprint density at radius 1 is 1.27 bits per heavy atom. The van der Waals surface area contributed by atoms with Crippen LogP contribution >= 0.6 is 0 Å². The Kier molecular flexibility index (Phi) is 3.89. The van der Waals surface area contributed by atoms with Gasteiger partial charge in [-0.3, -0.25) is 14.7 Å². The zero-order chi connectivity index (χ0) is 15.9. The maximum Gasteiger partial charge on any atom is 0.229 e. The number of fused-ring (bicyclic) bond motifs is 1. The first-order valence-electron chi connectivity index (χ1n) is 8.14. The van der Waals surface area contributed by atoms with Gasteiger partial charge in [-0.15, -0.1) is 0 Å². The van der Waals surface area contributed by atoms with E-state index in [1.165, 1.54) is 6.42 Å². The first kappa shape index (κ1) is 15.0. The monoisotopic (exact) mass is 300 g/mol. The van der Waals surface area contributed by atoms with Gasteiger partial charge in [-0.1, -0.05) is 20.8 Å². The Morgan fingerprint density at radius 2 is 2.00 bits per heavy atom. The van der Waals surface area contributed by atoms with E-state index >= 15 is 0 Å². The minimum absolute atomic E-state index is 0.0302. The molecule has 1 aliphatic carbocycles. The maximum atomic E-state index is 12.4. The van der Waals surface area contributed by atoms with Crippen molar-refractivity contribution in [2.45, 2.75) is 53.0 Å². The number of pyridine rings is 1. The molecule has 2 aromatic rings. The molecule has 1 N–H and O–H groups in total. The van der Waals surface area contributed by atoms with Crippen LogP contribution in [-0.4, -0.2) is 20.4 Å². The van der Waals surface area contributed by atoms with Gasteiger partial charge in [0.15, 0.2) is 5.65 Å². The summed E-state index contributed by atoms with van der Waals surface area (Å²) in [5.41, 5.74) is 2.71. The molecule has 1 amide bonds. The van der Waals surface area contributed by atoms with E-state index in [0.717, 1.165) is 29.7 Å². The summed E-state index contributed by atoms with van der Waals surface area (Å²) in [5, 5.41) is 3.02. The van der Waals surface area contributed by atoms with Gasteiger partial charge >= 0.3 is 0 Å². The minimum atomic E-state index is -0.0376. The van der Waals surface area contributed by atoms with Crippen molar-refractivity contribution in [3.05, 3.63) is 17.8 Å². The molecule has 5 heteroatoms. The minimum Gasteiger partial charge on any atom is -0.296 e. The van der Waals surface area contributed by atoms with Gasteiger partial charge in [-0.05, 0) is 44.2 Å². The SMILES string of the molecule is Cc1ccc2nc(NC(=O)C(C)C(C)C)n(C3CCC3)c2n1. The van der Waals surface area contributed by atoms with Crippen LogP contribution in [-0.2, 0) is 4.79 Å². The Bertz CT molecular complexity index is 700.